The van der Waals surface area contributed by atoms with Gasteiger partial charge >= 0.3 is 5.97 Å². The summed E-state index contributed by atoms with van der Waals surface area (Å²) in [6.45, 7) is 0. The van der Waals surface area contributed by atoms with Crippen LogP contribution in [0, 0.1) is 11.3 Å². The minimum Gasteiger partial charge on any atom is -0.317 e. The molecule has 1 aliphatic heterocycles. The highest BCUT2D eigenvalue weighted by Gasteiger charge is 2.78. The highest BCUT2D eigenvalue weighted by atomic mass is 16.7. The summed E-state index contributed by atoms with van der Waals surface area (Å²) >= 11 is 0. The Hall–Kier alpha value is -3.53. The Labute approximate surface area is 162 Å². The molecule has 1 spiro atoms. The summed E-state index contributed by atoms with van der Waals surface area (Å²) in [6, 6.07) is 28.3. The van der Waals surface area contributed by atoms with Gasteiger partial charge in [0.15, 0.2) is 5.78 Å². The van der Waals surface area contributed by atoms with Crippen LogP contribution in [0.5, 0.6) is 0 Å². The molecule has 0 unspecified atom stereocenters. The quantitative estimate of drug-likeness (QED) is 0.512. The van der Waals surface area contributed by atoms with Crippen molar-refractivity contribution >= 4 is 17.5 Å². The summed E-state index contributed by atoms with van der Waals surface area (Å²) in [4.78, 5) is 31.6. The molecule has 5 rings (SSSR count). The number of ketones is 1. The smallest absolute Gasteiger partial charge is 0.317 e. The van der Waals surface area contributed by atoms with Crippen LogP contribution < -0.4 is 0 Å². The van der Waals surface area contributed by atoms with Crippen molar-refractivity contribution in [1.82, 2.24) is 0 Å². The van der Waals surface area contributed by atoms with Crippen LogP contribution in [0.4, 0.5) is 0 Å². The van der Waals surface area contributed by atoms with Gasteiger partial charge in [0.25, 0.3) is 0 Å². The van der Waals surface area contributed by atoms with Gasteiger partial charge in [0.2, 0.25) is 0 Å². The number of nitrogens with zero attached hydrogens (tertiary/aromatic N) is 1. The molecule has 3 atom stereocenters. The van der Waals surface area contributed by atoms with E-state index < -0.39 is 17.3 Å². The van der Waals surface area contributed by atoms with Crippen LogP contribution in [-0.2, 0) is 9.63 Å². The number of oxime groups is 1. The first-order valence-electron chi connectivity index (χ1n) is 9.24. The molecule has 0 amide bonds. The second-order valence-electron chi connectivity index (χ2n) is 7.15. The number of carbonyl (C=O) groups is 2. The molecule has 0 radical (unpaired) electrons. The van der Waals surface area contributed by atoms with Crippen LogP contribution in [-0.4, -0.2) is 17.5 Å². The highest BCUT2D eigenvalue weighted by Crippen LogP contribution is 2.69. The molecule has 1 aliphatic carbocycles. The van der Waals surface area contributed by atoms with Gasteiger partial charge in [-0.3, -0.25) is 4.79 Å². The fourth-order valence-corrected chi connectivity index (χ4v) is 4.41. The third kappa shape index (κ3) is 2.28. The third-order valence-electron chi connectivity index (χ3n) is 5.70. The predicted octanol–water partition coefficient (Wildman–Crippen LogP) is 4.23. The molecular formula is C24H17NO3. The molecule has 0 bridgehead atoms. The van der Waals surface area contributed by atoms with Crippen molar-refractivity contribution in [2.45, 2.75) is 5.92 Å². The summed E-state index contributed by atoms with van der Waals surface area (Å²) < 4.78 is 0. The molecule has 28 heavy (non-hydrogen) atoms. The first kappa shape index (κ1) is 16.6. The van der Waals surface area contributed by atoms with Crippen molar-refractivity contribution in [1.29, 1.82) is 0 Å². The minimum absolute atomic E-state index is 0.0584. The number of hydrogen-bond acceptors (Lipinski definition) is 4. The molecule has 2 aliphatic rings. The van der Waals surface area contributed by atoms with Gasteiger partial charge in [-0.15, -0.1) is 0 Å². The standard InChI is InChI=1S/C24H17NO3/c26-21(17-12-6-2-7-13-17)20-19(16-10-4-1-5-11-16)24(20)22(25-28-23(24)27)18-14-8-3-9-15-18/h1-15,19-20H/t19-,20-,24-/m0/s1. The van der Waals surface area contributed by atoms with E-state index in [0.717, 1.165) is 11.1 Å². The maximum atomic E-state index is 13.4. The lowest BCUT2D eigenvalue weighted by molar-refractivity contribution is -0.145. The average Bonchev–Trinajstić information content (AvgIpc) is 3.34. The fraction of sp³-hybridized carbons (Fsp3) is 0.125. The van der Waals surface area contributed by atoms with Gasteiger partial charge in [-0.1, -0.05) is 96.2 Å². The molecule has 4 nitrogen and oxygen atoms in total. The van der Waals surface area contributed by atoms with Crippen LogP contribution in [0.3, 0.4) is 0 Å². The molecule has 0 N–H and O–H groups in total. The first-order chi connectivity index (χ1) is 13.7. The van der Waals surface area contributed by atoms with Gasteiger partial charge in [0.05, 0.1) is 5.92 Å². The molecule has 3 aromatic rings. The van der Waals surface area contributed by atoms with E-state index in [9.17, 15) is 9.59 Å². The Morgan fingerprint density at radius 1 is 0.821 bits per heavy atom. The van der Waals surface area contributed by atoms with Crippen molar-refractivity contribution in [2.24, 2.45) is 16.5 Å². The summed E-state index contributed by atoms with van der Waals surface area (Å²) in [5.41, 5.74) is 1.81. The second kappa shape index (κ2) is 6.27. The number of carbonyl (C=O) groups excluding carboxylic acids is 2. The zero-order chi connectivity index (χ0) is 19.1. The average molecular weight is 367 g/mol. The van der Waals surface area contributed by atoms with E-state index in [4.69, 9.17) is 4.84 Å². The van der Waals surface area contributed by atoms with Crippen LogP contribution >= 0.6 is 0 Å². The lowest BCUT2D eigenvalue weighted by atomic mass is 9.88. The molecule has 1 heterocycles. The van der Waals surface area contributed by atoms with Crippen molar-refractivity contribution < 1.29 is 14.4 Å². The summed E-state index contributed by atoms with van der Waals surface area (Å²) in [6.07, 6.45) is 0. The van der Waals surface area contributed by atoms with E-state index >= 15 is 0 Å². The summed E-state index contributed by atoms with van der Waals surface area (Å²) in [5, 5.41) is 4.12. The third-order valence-corrected chi connectivity index (χ3v) is 5.70. The van der Waals surface area contributed by atoms with Crippen LogP contribution in [0.1, 0.15) is 27.4 Å². The van der Waals surface area contributed by atoms with Gasteiger partial charge in [-0.25, -0.2) is 4.79 Å². The van der Waals surface area contributed by atoms with Crippen LogP contribution in [0.25, 0.3) is 0 Å². The van der Waals surface area contributed by atoms with E-state index in [1.807, 2.05) is 78.9 Å². The topological polar surface area (TPSA) is 55.7 Å². The molecule has 0 saturated heterocycles. The zero-order valence-electron chi connectivity index (χ0n) is 15.0. The van der Waals surface area contributed by atoms with E-state index in [2.05, 4.69) is 5.16 Å². The Bertz CT molecular complexity index is 1080. The molecule has 4 heteroatoms. The van der Waals surface area contributed by atoms with Gasteiger partial charge < -0.3 is 4.84 Å². The predicted molar refractivity (Wildman–Crippen MR) is 105 cm³/mol. The summed E-state index contributed by atoms with van der Waals surface area (Å²) in [5.74, 6) is -1.34. The van der Waals surface area contributed by atoms with Gasteiger partial charge in [-0.05, 0) is 5.56 Å². The molecule has 1 fully saturated rings. The lowest BCUT2D eigenvalue weighted by Crippen LogP contribution is -2.27. The molecule has 0 aromatic heterocycles. The Morgan fingerprint density at radius 3 is 2.04 bits per heavy atom. The SMILES string of the molecule is O=C(c1ccccc1)[C@@H]1[C@H](c2ccccc2)[C@]12C(=O)ON=C2c1ccccc1. The van der Waals surface area contributed by atoms with E-state index in [1.54, 1.807) is 12.1 Å². The normalized spacial score (nSPS) is 25.3. The fourth-order valence-electron chi connectivity index (χ4n) is 4.41. The van der Waals surface area contributed by atoms with Crippen molar-refractivity contribution in [3.05, 3.63) is 108 Å². The maximum absolute atomic E-state index is 13.4. The first-order valence-corrected chi connectivity index (χ1v) is 9.24. The monoisotopic (exact) mass is 367 g/mol. The van der Waals surface area contributed by atoms with Gasteiger partial charge in [0, 0.05) is 17.0 Å². The van der Waals surface area contributed by atoms with E-state index in [0.29, 0.717) is 11.3 Å². The zero-order valence-corrected chi connectivity index (χ0v) is 15.0. The summed E-state index contributed by atoms with van der Waals surface area (Å²) in [7, 11) is 0. The van der Waals surface area contributed by atoms with Crippen molar-refractivity contribution in [2.75, 3.05) is 0 Å². The largest absolute Gasteiger partial charge is 0.348 e. The Morgan fingerprint density at radius 2 is 1.39 bits per heavy atom. The van der Waals surface area contributed by atoms with Crippen molar-refractivity contribution in [3.8, 4) is 0 Å². The number of benzene rings is 3. The molecule has 1 saturated carbocycles. The Balaban J connectivity index is 1.66. The van der Waals surface area contributed by atoms with Gasteiger partial charge in [-0.2, -0.15) is 0 Å². The number of hydrogen-bond donors (Lipinski definition) is 0. The Kier molecular flexibility index (Phi) is 3.72. The highest BCUT2D eigenvalue weighted by molar-refractivity contribution is 6.26. The molecule has 136 valence electrons. The number of Topliss-reactive ketones (excluding diaryl/α,β-unsaturated/α-hetero) is 1. The maximum Gasteiger partial charge on any atom is 0.348 e. The molecular weight excluding hydrogens is 350 g/mol. The van der Waals surface area contributed by atoms with Crippen LogP contribution in [0.15, 0.2) is 96.2 Å². The molecule has 3 aromatic carbocycles. The van der Waals surface area contributed by atoms with Crippen LogP contribution in [0.2, 0.25) is 0 Å². The second-order valence-corrected chi connectivity index (χ2v) is 7.15. The van der Waals surface area contributed by atoms with Gasteiger partial charge in [0.1, 0.15) is 11.1 Å². The lowest BCUT2D eigenvalue weighted by Gasteiger charge is -2.10. The number of rotatable bonds is 4. The van der Waals surface area contributed by atoms with E-state index in [-0.39, 0.29) is 11.7 Å². The van der Waals surface area contributed by atoms with E-state index in [1.165, 1.54) is 0 Å². The van der Waals surface area contributed by atoms with Crippen molar-refractivity contribution in [3.63, 3.8) is 0 Å². The minimum atomic E-state index is -1.07.